The van der Waals surface area contributed by atoms with Crippen molar-refractivity contribution in [2.75, 3.05) is 26.2 Å². The zero-order valence-corrected chi connectivity index (χ0v) is 17.9. The van der Waals surface area contributed by atoms with Crippen LogP contribution in [0.25, 0.3) is 17.7 Å². The van der Waals surface area contributed by atoms with E-state index in [9.17, 15) is 0 Å². The fraction of sp³-hybridized carbons (Fsp3) is 0.333. The number of aromatic nitrogens is 3. The Bertz CT molecular complexity index is 1000. The molecule has 31 heavy (non-hydrogen) atoms. The van der Waals surface area contributed by atoms with Crippen LogP contribution in [0.5, 0.6) is 0 Å². The van der Waals surface area contributed by atoms with Crippen LogP contribution in [0.1, 0.15) is 31.2 Å². The number of nitrogens with one attached hydrogen (secondary N) is 1. The largest absolute Gasteiger partial charge is 0.357 e. The summed E-state index contributed by atoms with van der Waals surface area (Å²) in [5, 5.41) is 7.48. The van der Waals surface area contributed by atoms with Crippen LogP contribution in [0.2, 0.25) is 0 Å². The number of hydrogen-bond donors (Lipinski definition) is 1. The Morgan fingerprint density at radius 1 is 1.13 bits per heavy atom. The SMILES string of the molecule is CCNC(=NCCc1noc(-c2ccccn2)n1)N1CCC(=Cc2ccccc2)CC1. The summed E-state index contributed by atoms with van der Waals surface area (Å²) < 4.78 is 5.33. The van der Waals surface area contributed by atoms with Gasteiger partial charge in [-0.3, -0.25) is 9.98 Å². The van der Waals surface area contributed by atoms with Crippen molar-refractivity contribution in [3.63, 3.8) is 0 Å². The molecule has 0 spiro atoms. The molecule has 1 aliphatic heterocycles. The standard InChI is InChI=1S/C24H28N6O/c1-2-25-24(30-16-12-20(13-17-30)18-19-8-4-3-5-9-19)27-15-11-22-28-23(31-29-22)21-10-6-7-14-26-21/h3-10,14,18H,2,11-13,15-17H2,1H3,(H,25,27). The molecule has 1 aliphatic rings. The summed E-state index contributed by atoms with van der Waals surface area (Å²) in [6.07, 6.45) is 6.76. The van der Waals surface area contributed by atoms with Crippen LogP contribution in [0.15, 0.2) is 69.8 Å². The maximum Gasteiger partial charge on any atom is 0.276 e. The quantitative estimate of drug-likeness (QED) is 0.486. The summed E-state index contributed by atoms with van der Waals surface area (Å²) in [4.78, 5) is 15.8. The minimum Gasteiger partial charge on any atom is -0.357 e. The third kappa shape index (κ3) is 5.78. The van der Waals surface area contributed by atoms with E-state index in [2.05, 4.69) is 68.7 Å². The molecule has 160 valence electrons. The van der Waals surface area contributed by atoms with Gasteiger partial charge in [-0.25, -0.2) is 0 Å². The van der Waals surface area contributed by atoms with Gasteiger partial charge < -0.3 is 14.7 Å². The summed E-state index contributed by atoms with van der Waals surface area (Å²) in [5.41, 5.74) is 3.45. The zero-order chi connectivity index (χ0) is 21.3. The zero-order valence-electron chi connectivity index (χ0n) is 17.9. The fourth-order valence-electron chi connectivity index (χ4n) is 3.57. The molecule has 0 amide bonds. The Hall–Kier alpha value is -3.48. The van der Waals surface area contributed by atoms with Gasteiger partial charge in [0, 0.05) is 38.8 Å². The number of nitrogens with zero attached hydrogens (tertiary/aromatic N) is 5. The Kier molecular flexibility index (Phi) is 7.05. The molecule has 1 fully saturated rings. The Labute approximate surface area is 182 Å². The van der Waals surface area contributed by atoms with E-state index in [0.29, 0.717) is 30.4 Å². The van der Waals surface area contributed by atoms with Crippen molar-refractivity contribution in [1.29, 1.82) is 0 Å². The molecule has 1 aromatic carbocycles. The van der Waals surface area contributed by atoms with E-state index in [1.165, 1.54) is 11.1 Å². The first-order valence-corrected chi connectivity index (χ1v) is 10.8. The highest BCUT2D eigenvalue weighted by molar-refractivity contribution is 5.80. The number of guanidine groups is 1. The fourth-order valence-corrected chi connectivity index (χ4v) is 3.57. The van der Waals surface area contributed by atoms with Crippen LogP contribution in [-0.2, 0) is 6.42 Å². The highest BCUT2D eigenvalue weighted by Gasteiger charge is 2.17. The van der Waals surface area contributed by atoms with E-state index in [-0.39, 0.29) is 0 Å². The van der Waals surface area contributed by atoms with Crippen LogP contribution < -0.4 is 5.32 Å². The van der Waals surface area contributed by atoms with Gasteiger partial charge in [0.05, 0.1) is 0 Å². The van der Waals surface area contributed by atoms with Crippen LogP contribution in [0, 0.1) is 0 Å². The maximum atomic E-state index is 5.33. The molecule has 4 rings (SSSR count). The van der Waals surface area contributed by atoms with Crippen molar-refractivity contribution in [2.45, 2.75) is 26.2 Å². The third-order valence-corrected chi connectivity index (χ3v) is 5.16. The maximum absolute atomic E-state index is 5.33. The first-order chi connectivity index (χ1) is 15.3. The molecule has 0 atom stereocenters. The predicted molar refractivity (Wildman–Crippen MR) is 122 cm³/mol. The molecular formula is C24H28N6O. The number of likely N-dealkylation sites (tertiary alicyclic amines) is 1. The first-order valence-electron chi connectivity index (χ1n) is 10.8. The van der Waals surface area contributed by atoms with Gasteiger partial charge in [-0.05, 0) is 37.5 Å². The summed E-state index contributed by atoms with van der Waals surface area (Å²) in [6.45, 7) is 5.48. The second-order valence-corrected chi connectivity index (χ2v) is 7.42. The molecule has 3 aromatic rings. The van der Waals surface area contributed by atoms with E-state index in [1.807, 2.05) is 18.2 Å². The molecule has 2 aromatic heterocycles. The molecular weight excluding hydrogens is 388 g/mol. The van der Waals surface area contributed by atoms with Crippen LogP contribution in [0.3, 0.4) is 0 Å². The monoisotopic (exact) mass is 416 g/mol. The van der Waals surface area contributed by atoms with Crippen molar-refractivity contribution in [2.24, 2.45) is 4.99 Å². The number of benzene rings is 1. The Morgan fingerprint density at radius 3 is 2.68 bits per heavy atom. The van der Waals surface area contributed by atoms with Gasteiger partial charge >= 0.3 is 0 Å². The minimum absolute atomic E-state index is 0.445. The van der Waals surface area contributed by atoms with Gasteiger partial charge in [0.2, 0.25) is 0 Å². The first kappa shape index (κ1) is 20.8. The topological polar surface area (TPSA) is 79.4 Å². The average molecular weight is 417 g/mol. The lowest BCUT2D eigenvalue weighted by Crippen LogP contribution is -2.44. The lowest BCUT2D eigenvalue weighted by molar-refractivity contribution is 0.375. The number of rotatable bonds is 6. The predicted octanol–water partition coefficient (Wildman–Crippen LogP) is 3.82. The van der Waals surface area contributed by atoms with Gasteiger partial charge in [0.15, 0.2) is 11.8 Å². The van der Waals surface area contributed by atoms with Gasteiger partial charge in [-0.2, -0.15) is 4.98 Å². The van der Waals surface area contributed by atoms with E-state index in [1.54, 1.807) is 6.20 Å². The number of pyridine rings is 1. The molecule has 1 N–H and O–H groups in total. The molecule has 0 aliphatic carbocycles. The van der Waals surface area contributed by atoms with Crippen molar-refractivity contribution < 1.29 is 4.52 Å². The molecule has 0 radical (unpaired) electrons. The van der Waals surface area contributed by atoms with Crippen molar-refractivity contribution in [3.8, 4) is 11.6 Å². The molecule has 1 saturated heterocycles. The van der Waals surface area contributed by atoms with Gasteiger partial charge in [0.1, 0.15) is 5.69 Å². The van der Waals surface area contributed by atoms with Crippen molar-refractivity contribution >= 4 is 12.0 Å². The van der Waals surface area contributed by atoms with Gasteiger partial charge in [-0.15, -0.1) is 0 Å². The van der Waals surface area contributed by atoms with Crippen molar-refractivity contribution in [3.05, 3.63) is 71.7 Å². The number of hydrogen-bond acceptors (Lipinski definition) is 5. The highest BCUT2D eigenvalue weighted by Crippen LogP contribution is 2.19. The lowest BCUT2D eigenvalue weighted by atomic mass is 10.0. The summed E-state index contributed by atoms with van der Waals surface area (Å²) in [6, 6.07) is 16.1. The molecule has 0 bridgehead atoms. The Balaban J connectivity index is 1.33. The number of aliphatic imine (C=N–C) groups is 1. The summed E-state index contributed by atoms with van der Waals surface area (Å²) >= 11 is 0. The van der Waals surface area contributed by atoms with E-state index < -0.39 is 0 Å². The lowest BCUT2D eigenvalue weighted by Gasteiger charge is -2.31. The van der Waals surface area contributed by atoms with E-state index in [4.69, 9.17) is 9.52 Å². The van der Waals surface area contributed by atoms with E-state index >= 15 is 0 Å². The molecule has 7 heteroatoms. The smallest absolute Gasteiger partial charge is 0.276 e. The summed E-state index contributed by atoms with van der Waals surface area (Å²) in [7, 11) is 0. The van der Waals surface area contributed by atoms with Crippen LogP contribution >= 0.6 is 0 Å². The molecule has 3 heterocycles. The normalized spacial score (nSPS) is 14.5. The average Bonchev–Trinajstić information content (AvgIpc) is 3.29. The second-order valence-electron chi connectivity index (χ2n) is 7.42. The van der Waals surface area contributed by atoms with Crippen molar-refractivity contribution in [1.82, 2.24) is 25.3 Å². The van der Waals surface area contributed by atoms with Crippen LogP contribution in [-0.4, -0.2) is 52.2 Å². The van der Waals surface area contributed by atoms with E-state index in [0.717, 1.165) is 38.4 Å². The summed E-state index contributed by atoms with van der Waals surface area (Å²) in [5.74, 6) is 2.04. The van der Waals surface area contributed by atoms with Gasteiger partial charge in [-0.1, -0.05) is 53.2 Å². The minimum atomic E-state index is 0.445. The van der Waals surface area contributed by atoms with Gasteiger partial charge in [0.25, 0.3) is 5.89 Å². The number of piperidine rings is 1. The highest BCUT2D eigenvalue weighted by atomic mass is 16.5. The second kappa shape index (κ2) is 10.5. The molecule has 0 saturated carbocycles. The Morgan fingerprint density at radius 2 is 1.94 bits per heavy atom. The van der Waals surface area contributed by atoms with Crippen LogP contribution in [0.4, 0.5) is 0 Å². The molecule has 7 nitrogen and oxygen atoms in total. The molecule has 0 unspecified atom stereocenters. The third-order valence-electron chi connectivity index (χ3n) is 5.16.